The zero-order valence-corrected chi connectivity index (χ0v) is 14.5. The van der Waals surface area contributed by atoms with Gasteiger partial charge in [0.2, 0.25) is 0 Å². The summed E-state index contributed by atoms with van der Waals surface area (Å²) in [5, 5.41) is 13.9. The fourth-order valence-corrected chi connectivity index (χ4v) is 3.68. The van der Waals surface area contributed by atoms with Crippen molar-refractivity contribution in [2.24, 2.45) is 5.92 Å². The molecule has 4 nitrogen and oxygen atoms in total. The largest absolute Gasteiger partial charge is 0.480 e. The van der Waals surface area contributed by atoms with Crippen molar-refractivity contribution in [3.8, 4) is 0 Å². The molecule has 2 aliphatic rings. The van der Waals surface area contributed by atoms with Crippen LogP contribution in [0.15, 0.2) is 18.2 Å². The van der Waals surface area contributed by atoms with Crippen molar-refractivity contribution in [3.63, 3.8) is 0 Å². The Hall–Kier alpha value is -0.810. The maximum absolute atomic E-state index is 11.0. The number of halogens is 2. The molecule has 0 spiro atoms. The highest BCUT2D eigenvalue weighted by Gasteiger charge is 2.36. The van der Waals surface area contributed by atoms with Gasteiger partial charge in [0.15, 0.2) is 0 Å². The highest BCUT2D eigenvalue weighted by Crippen LogP contribution is 2.34. The van der Waals surface area contributed by atoms with Gasteiger partial charge in [-0.15, -0.1) is 0 Å². The van der Waals surface area contributed by atoms with Crippen molar-refractivity contribution in [1.82, 2.24) is 10.2 Å². The van der Waals surface area contributed by atoms with Gasteiger partial charge in [0.05, 0.1) is 6.54 Å². The average Bonchev–Trinajstić information content (AvgIpc) is 3.23. The maximum Gasteiger partial charge on any atom is 0.317 e. The van der Waals surface area contributed by atoms with E-state index in [1.54, 1.807) is 0 Å². The third-order valence-electron chi connectivity index (χ3n) is 4.79. The van der Waals surface area contributed by atoms with Gasteiger partial charge in [-0.1, -0.05) is 29.3 Å². The molecule has 0 atom stereocenters. The Morgan fingerprint density at radius 3 is 2.48 bits per heavy atom. The molecule has 2 N–H and O–H groups in total. The van der Waals surface area contributed by atoms with Gasteiger partial charge in [-0.25, -0.2) is 0 Å². The van der Waals surface area contributed by atoms with E-state index in [2.05, 4.69) is 10.2 Å². The molecule has 0 heterocycles. The second kappa shape index (κ2) is 7.39. The maximum atomic E-state index is 11.0. The van der Waals surface area contributed by atoms with Crippen molar-refractivity contribution in [1.29, 1.82) is 0 Å². The number of hydrogen-bond donors (Lipinski definition) is 2. The van der Waals surface area contributed by atoms with Crippen molar-refractivity contribution < 1.29 is 9.90 Å². The SMILES string of the molecule is O=C(O)CN(CC1CC1)C1CC(NCc2c(Cl)cccc2Cl)C1. The molecule has 0 aromatic heterocycles. The second-order valence-corrected chi connectivity index (χ2v) is 7.48. The quantitative estimate of drug-likeness (QED) is 0.749. The molecule has 2 aliphatic carbocycles. The van der Waals surface area contributed by atoms with Gasteiger partial charge in [-0.2, -0.15) is 0 Å². The predicted octanol–water partition coefficient (Wildman–Crippen LogP) is 3.41. The highest BCUT2D eigenvalue weighted by atomic mass is 35.5. The third kappa shape index (κ3) is 4.60. The van der Waals surface area contributed by atoms with Crippen LogP contribution in [0.3, 0.4) is 0 Å². The van der Waals surface area contributed by atoms with E-state index in [9.17, 15) is 4.79 Å². The summed E-state index contributed by atoms with van der Waals surface area (Å²) < 4.78 is 0. The molecule has 126 valence electrons. The van der Waals surface area contributed by atoms with Gasteiger partial charge in [-0.05, 0) is 43.7 Å². The zero-order chi connectivity index (χ0) is 16.4. The third-order valence-corrected chi connectivity index (χ3v) is 5.49. The monoisotopic (exact) mass is 356 g/mol. The molecule has 3 rings (SSSR count). The van der Waals surface area contributed by atoms with Crippen LogP contribution in [0.2, 0.25) is 10.0 Å². The summed E-state index contributed by atoms with van der Waals surface area (Å²) in [6.45, 7) is 1.74. The average molecular weight is 357 g/mol. The van der Waals surface area contributed by atoms with E-state index < -0.39 is 5.97 Å². The lowest BCUT2D eigenvalue weighted by Crippen LogP contribution is -2.54. The van der Waals surface area contributed by atoms with Crippen LogP contribution in [-0.2, 0) is 11.3 Å². The molecule has 0 radical (unpaired) electrons. The number of hydrogen-bond acceptors (Lipinski definition) is 3. The normalized spacial score (nSPS) is 23.8. The number of nitrogens with one attached hydrogen (secondary N) is 1. The van der Waals surface area contributed by atoms with E-state index in [-0.39, 0.29) is 6.54 Å². The van der Waals surface area contributed by atoms with E-state index in [1.165, 1.54) is 12.8 Å². The minimum absolute atomic E-state index is 0.157. The Balaban J connectivity index is 1.47. The fourth-order valence-electron chi connectivity index (χ4n) is 3.15. The molecule has 2 saturated carbocycles. The first-order valence-corrected chi connectivity index (χ1v) is 8.90. The van der Waals surface area contributed by atoms with Gasteiger partial charge in [0, 0.05) is 40.8 Å². The van der Waals surface area contributed by atoms with E-state index in [0.29, 0.717) is 34.6 Å². The summed E-state index contributed by atoms with van der Waals surface area (Å²) in [5.74, 6) is -0.0202. The van der Waals surface area contributed by atoms with Crippen LogP contribution in [0, 0.1) is 5.92 Å². The molecular formula is C17H22Cl2N2O2. The zero-order valence-electron chi connectivity index (χ0n) is 13.0. The van der Waals surface area contributed by atoms with Gasteiger partial charge >= 0.3 is 5.97 Å². The molecule has 1 aromatic rings. The number of carboxylic acid groups (broad SMARTS) is 1. The van der Waals surface area contributed by atoms with Gasteiger partial charge in [0.1, 0.15) is 0 Å². The number of aliphatic carboxylic acids is 1. The summed E-state index contributed by atoms with van der Waals surface area (Å²) in [6, 6.07) is 6.32. The van der Waals surface area contributed by atoms with Crippen LogP contribution in [0.1, 0.15) is 31.2 Å². The number of carbonyl (C=O) groups is 1. The summed E-state index contributed by atoms with van der Waals surface area (Å²) in [6.07, 6.45) is 4.47. The van der Waals surface area contributed by atoms with Gasteiger partial charge < -0.3 is 10.4 Å². The van der Waals surface area contributed by atoms with Gasteiger partial charge in [0.25, 0.3) is 0 Å². The Labute approximate surface area is 146 Å². The summed E-state index contributed by atoms with van der Waals surface area (Å²) in [5.41, 5.74) is 0.930. The van der Waals surface area contributed by atoms with Crippen molar-refractivity contribution in [2.45, 2.75) is 44.3 Å². The molecule has 1 aromatic carbocycles. The second-order valence-electron chi connectivity index (χ2n) is 6.67. The van der Waals surface area contributed by atoms with E-state index in [0.717, 1.165) is 24.9 Å². The minimum Gasteiger partial charge on any atom is -0.480 e. The number of nitrogens with zero attached hydrogens (tertiary/aromatic N) is 1. The molecular weight excluding hydrogens is 335 g/mol. The first-order valence-electron chi connectivity index (χ1n) is 8.15. The fraction of sp³-hybridized carbons (Fsp3) is 0.588. The lowest BCUT2D eigenvalue weighted by Gasteiger charge is -2.43. The summed E-state index contributed by atoms with van der Waals surface area (Å²) in [4.78, 5) is 13.2. The lowest BCUT2D eigenvalue weighted by molar-refractivity contribution is -0.139. The van der Waals surface area contributed by atoms with Crippen LogP contribution in [0.5, 0.6) is 0 Å². The first kappa shape index (κ1) is 17.0. The van der Waals surface area contributed by atoms with Crippen LogP contribution in [0.25, 0.3) is 0 Å². The van der Waals surface area contributed by atoms with Crippen molar-refractivity contribution in [2.75, 3.05) is 13.1 Å². The van der Waals surface area contributed by atoms with E-state index in [4.69, 9.17) is 28.3 Å². The van der Waals surface area contributed by atoms with Crippen molar-refractivity contribution >= 4 is 29.2 Å². The Bertz CT molecular complexity index is 551. The summed E-state index contributed by atoms with van der Waals surface area (Å²) in [7, 11) is 0. The smallest absolute Gasteiger partial charge is 0.317 e. The molecule has 0 saturated heterocycles. The van der Waals surface area contributed by atoms with Crippen LogP contribution in [-0.4, -0.2) is 41.1 Å². The highest BCUT2D eigenvalue weighted by molar-refractivity contribution is 6.35. The van der Waals surface area contributed by atoms with Crippen LogP contribution in [0.4, 0.5) is 0 Å². The van der Waals surface area contributed by atoms with E-state index >= 15 is 0 Å². The number of rotatable bonds is 8. The molecule has 6 heteroatoms. The minimum atomic E-state index is -0.732. The molecule has 0 amide bonds. The lowest BCUT2D eigenvalue weighted by atomic mass is 9.85. The molecule has 23 heavy (non-hydrogen) atoms. The molecule has 0 bridgehead atoms. The number of benzene rings is 1. The standard InChI is InChI=1S/C17H22Cl2N2O2/c18-15-2-1-3-16(19)14(15)8-20-12-6-13(7-12)21(10-17(22)23)9-11-4-5-11/h1-3,11-13,20H,4-10H2,(H,22,23). The van der Waals surface area contributed by atoms with Gasteiger partial charge in [-0.3, -0.25) is 9.69 Å². The molecule has 0 unspecified atom stereocenters. The summed E-state index contributed by atoms with van der Waals surface area (Å²) >= 11 is 12.4. The topological polar surface area (TPSA) is 52.6 Å². The predicted molar refractivity (Wildman–Crippen MR) is 92.0 cm³/mol. The molecule has 2 fully saturated rings. The number of carboxylic acids is 1. The Kier molecular flexibility index (Phi) is 5.47. The van der Waals surface area contributed by atoms with Crippen LogP contribution >= 0.6 is 23.2 Å². The first-order chi connectivity index (χ1) is 11.0. The Morgan fingerprint density at radius 2 is 1.91 bits per heavy atom. The Morgan fingerprint density at radius 1 is 1.26 bits per heavy atom. The van der Waals surface area contributed by atoms with Crippen LogP contribution < -0.4 is 5.32 Å². The molecule has 0 aliphatic heterocycles. The van der Waals surface area contributed by atoms with E-state index in [1.807, 2.05) is 18.2 Å². The van der Waals surface area contributed by atoms with Crippen molar-refractivity contribution in [3.05, 3.63) is 33.8 Å².